The summed E-state index contributed by atoms with van der Waals surface area (Å²) < 4.78 is 34.0. The summed E-state index contributed by atoms with van der Waals surface area (Å²) in [5, 5.41) is 4.30. The highest BCUT2D eigenvalue weighted by Gasteiger charge is 2.28. The van der Waals surface area contributed by atoms with Crippen LogP contribution in [0, 0.1) is 11.6 Å². The summed E-state index contributed by atoms with van der Waals surface area (Å²) in [6.45, 7) is 3.66. The van der Waals surface area contributed by atoms with Crippen LogP contribution in [0.2, 0.25) is 0 Å². The fraction of sp³-hybridized carbons (Fsp3) is 0.417. The van der Waals surface area contributed by atoms with Crippen LogP contribution in [-0.4, -0.2) is 68.2 Å². The molecule has 2 N–H and O–H groups in total. The minimum atomic E-state index is -0.560. The number of fused-ring (bicyclic) bond motifs is 3. The summed E-state index contributed by atoms with van der Waals surface area (Å²) in [7, 11) is 0. The fourth-order valence-corrected chi connectivity index (χ4v) is 5.18. The second-order valence-electron chi connectivity index (χ2n) is 8.98. The quantitative estimate of drug-likeness (QED) is 0.472. The van der Waals surface area contributed by atoms with Crippen molar-refractivity contribution < 1.29 is 13.5 Å². The van der Waals surface area contributed by atoms with E-state index in [0.29, 0.717) is 33.9 Å². The third-order valence-electron chi connectivity index (χ3n) is 6.89. The predicted octanol–water partition coefficient (Wildman–Crippen LogP) is 3.90. The first-order chi connectivity index (χ1) is 16.7. The first kappa shape index (κ1) is 21.3. The molecule has 0 atom stereocenters. The Kier molecular flexibility index (Phi) is 5.54. The van der Waals surface area contributed by atoms with Crippen LogP contribution in [0.25, 0.3) is 33.3 Å². The summed E-state index contributed by atoms with van der Waals surface area (Å²) in [6.07, 6.45) is 8.30. The average molecular weight is 466 g/mol. The number of aromatic nitrogens is 5. The highest BCUT2D eigenvalue weighted by atomic mass is 19.1. The normalized spacial score (nSPS) is 21.8. The van der Waals surface area contributed by atoms with Gasteiger partial charge in [0.2, 0.25) is 0 Å². The number of H-pyrrole nitrogens is 1. The van der Waals surface area contributed by atoms with Crippen LogP contribution in [0.5, 0.6) is 0 Å². The van der Waals surface area contributed by atoms with Gasteiger partial charge in [-0.15, -0.1) is 0 Å². The second-order valence-corrected chi connectivity index (χ2v) is 8.98. The molecule has 0 spiro atoms. The van der Waals surface area contributed by atoms with E-state index in [1.807, 2.05) is 0 Å². The van der Waals surface area contributed by atoms with E-state index >= 15 is 0 Å². The number of anilines is 1. The smallest absolute Gasteiger partial charge is 0.151 e. The summed E-state index contributed by atoms with van der Waals surface area (Å²) in [6, 6.07) is 3.48. The lowest BCUT2D eigenvalue weighted by Gasteiger charge is -2.39. The van der Waals surface area contributed by atoms with Gasteiger partial charge in [-0.1, -0.05) is 0 Å². The minimum Gasteiger partial charge on any atom is -0.379 e. The van der Waals surface area contributed by atoms with E-state index in [2.05, 4.69) is 35.1 Å². The predicted molar refractivity (Wildman–Crippen MR) is 124 cm³/mol. The van der Waals surface area contributed by atoms with Crippen LogP contribution >= 0.6 is 0 Å². The lowest BCUT2D eigenvalue weighted by Crippen LogP contribution is -2.46. The molecule has 0 aromatic carbocycles. The molecule has 0 amide bonds. The number of nitrogens with zero attached hydrogens (tertiary/aromatic N) is 5. The zero-order chi connectivity index (χ0) is 23.1. The topological polar surface area (TPSA) is 91.8 Å². The molecule has 4 aromatic heterocycles. The van der Waals surface area contributed by atoms with Crippen LogP contribution < -0.4 is 5.32 Å². The van der Waals surface area contributed by atoms with Crippen molar-refractivity contribution >= 4 is 27.9 Å². The van der Waals surface area contributed by atoms with Crippen LogP contribution in [0.15, 0.2) is 30.9 Å². The average Bonchev–Trinajstić information content (AvgIpc) is 3.22. The minimum absolute atomic E-state index is 0.0428. The Labute approximate surface area is 194 Å². The molecule has 0 bridgehead atoms. The monoisotopic (exact) mass is 465 g/mol. The van der Waals surface area contributed by atoms with E-state index in [-0.39, 0.29) is 17.3 Å². The van der Waals surface area contributed by atoms with Crippen LogP contribution in [-0.2, 0) is 4.74 Å². The van der Waals surface area contributed by atoms with Crippen molar-refractivity contribution in [1.29, 1.82) is 0 Å². The van der Waals surface area contributed by atoms with Crippen molar-refractivity contribution in [3.63, 3.8) is 0 Å². The fourth-order valence-electron chi connectivity index (χ4n) is 5.18. The number of halogens is 2. The zero-order valence-corrected chi connectivity index (χ0v) is 18.6. The number of hydrogen-bond acceptors (Lipinski definition) is 7. The Morgan fingerprint density at radius 1 is 1.03 bits per heavy atom. The third kappa shape index (κ3) is 3.97. The highest BCUT2D eigenvalue weighted by molar-refractivity contribution is 6.09. The molecule has 4 aromatic rings. The van der Waals surface area contributed by atoms with Crippen molar-refractivity contribution in [2.75, 3.05) is 31.6 Å². The zero-order valence-electron chi connectivity index (χ0n) is 18.6. The Hall–Kier alpha value is -3.24. The molecule has 8 nitrogen and oxygen atoms in total. The molecule has 1 aliphatic carbocycles. The maximum atomic E-state index is 14.8. The molecule has 1 saturated carbocycles. The molecule has 2 aliphatic rings. The van der Waals surface area contributed by atoms with E-state index in [1.54, 1.807) is 0 Å². The van der Waals surface area contributed by atoms with Gasteiger partial charge in [-0.05, 0) is 31.7 Å². The van der Waals surface area contributed by atoms with Crippen LogP contribution in [0.4, 0.5) is 14.6 Å². The lowest BCUT2D eigenvalue weighted by atomic mass is 9.90. The first-order valence-electron chi connectivity index (χ1n) is 11.7. The SMILES string of the molecule is Fc1cncc(-c2nc3c(cc2F)[nH]c2ncnc(N[C@H]4CC[C@H](N5CCOCC5)CC4)c23)c1. The van der Waals surface area contributed by atoms with Gasteiger partial charge in [0.1, 0.15) is 34.8 Å². The van der Waals surface area contributed by atoms with Gasteiger partial charge < -0.3 is 15.0 Å². The Balaban J connectivity index is 1.30. The van der Waals surface area contributed by atoms with Crippen LogP contribution in [0.3, 0.4) is 0 Å². The summed E-state index contributed by atoms with van der Waals surface area (Å²) in [5.41, 5.74) is 1.96. The summed E-state index contributed by atoms with van der Waals surface area (Å²) >= 11 is 0. The van der Waals surface area contributed by atoms with Crippen molar-refractivity contribution in [3.8, 4) is 11.3 Å². The van der Waals surface area contributed by atoms with E-state index in [0.717, 1.165) is 58.2 Å². The Bertz CT molecular complexity index is 1330. The molecule has 176 valence electrons. The molecular formula is C24H25F2N7O. The third-order valence-corrected chi connectivity index (χ3v) is 6.89. The molecule has 5 heterocycles. The maximum Gasteiger partial charge on any atom is 0.151 e. The molecule has 0 radical (unpaired) electrons. The van der Waals surface area contributed by atoms with Gasteiger partial charge in [0.25, 0.3) is 0 Å². The van der Waals surface area contributed by atoms with Gasteiger partial charge in [0.05, 0.1) is 30.3 Å². The molecule has 10 heteroatoms. The van der Waals surface area contributed by atoms with Gasteiger partial charge in [0.15, 0.2) is 5.82 Å². The maximum absolute atomic E-state index is 14.8. The largest absolute Gasteiger partial charge is 0.379 e. The molecule has 0 unspecified atom stereocenters. The first-order valence-corrected chi connectivity index (χ1v) is 11.7. The van der Waals surface area contributed by atoms with Crippen molar-refractivity contribution in [2.24, 2.45) is 0 Å². The number of morpholine rings is 1. The summed E-state index contributed by atoms with van der Waals surface area (Å²) in [5.74, 6) is -0.431. The van der Waals surface area contributed by atoms with Gasteiger partial charge in [-0.3, -0.25) is 9.88 Å². The van der Waals surface area contributed by atoms with E-state index in [1.165, 1.54) is 24.7 Å². The van der Waals surface area contributed by atoms with Crippen molar-refractivity contribution in [2.45, 2.75) is 37.8 Å². The van der Waals surface area contributed by atoms with E-state index in [9.17, 15) is 8.78 Å². The number of ether oxygens (including phenoxy) is 1. The number of aromatic amines is 1. The lowest BCUT2D eigenvalue weighted by molar-refractivity contribution is 0.00791. The van der Waals surface area contributed by atoms with E-state index in [4.69, 9.17) is 4.74 Å². The Morgan fingerprint density at radius 2 is 1.85 bits per heavy atom. The molecule has 1 aliphatic heterocycles. The standard InChI is InChI=1S/C24H25F2N7O/c25-15-9-14(11-27-12-15)21-18(26)10-19-22(32-21)20-23(28-13-29-24(20)31-19)30-16-1-3-17(4-2-16)33-5-7-34-8-6-33/h9-13,16-17H,1-8H2,(H2,28,29,30,31)/t16-,17-. The highest BCUT2D eigenvalue weighted by Crippen LogP contribution is 2.33. The molecule has 6 rings (SSSR count). The molecule has 34 heavy (non-hydrogen) atoms. The van der Waals surface area contributed by atoms with Gasteiger partial charge in [0, 0.05) is 43.0 Å². The van der Waals surface area contributed by atoms with Crippen LogP contribution in [0.1, 0.15) is 25.7 Å². The number of rotatable bonds is 4. The van der Waals surface area contributed by atoms with Gasteiger partial charge >= 0.3 is 0 Å². The number of hydrogen-bond donors (Lipinski definition) is 2. The van der Waals surface area contributed by atoms with E-state index < -0.39 is 11.6 Å². The second kappa shape index (κ2) is 8.84. The molecule has 1 saturated heterocycles. The van der Waals surface area contributed by atoms with Gasteiger partial charge in [-0.2, -0.15) is 0 Å². The summed E-state index contributed by atoms with van der Waals surface area (Å²) in [4.78, 5) is 22.9. The Morgan fingerprint density at radius 3 is 2.65 bits per heavy atom. The van der Waals surface area contributed by atoms with Crippen molar-refractivity contribution in [1.82, 2.24) is 29.8 Å². The number of nitrogens with one attached hydrogen (secondary N) is 2. The molecular weight excluding hydrogens is 440 g/mol. The molecule has 2 fully saturated rings. The number of pyridine rings is 2. The van der Waals surface area contributed by atoms with Crippen molar-refractivity contribution in [3.05, 3.63) is 42.5 Å². The van der Waals surface area contributed by atoms with Gasteiger partial charge in [-0.25, -0.2) is 23.7 Å².